The molecule has 172 valence electrons. The largest absolute Gasteiger partial charge is 0.407 e. The Kier molecular flexibility index (Phi) is 6.07. The lowest BCUT2D eigenvalue weighted by Gasteiger charge is -2.40. The lowest BCUT2D eigenvalue weighted by Crippen LogP contribution is -2.53. The van der Waals surface area contributed by atoms with Crippen molar-refractivity contribution in [3.63, 3.8) is 0 Å². The molecule has 0 unspecified atom stereocenters. The van der Waals surface area contributed by atoms with E-state index in [4.69, 9.17) is 10.5 Å². The molecule has 0 bridgehead atoms. The SMILES string of the molecule is Cc1cc([C@H](N)C(F)(F)F)c(-c2ccc(C3(C(=O)Cc4ccc(F)cc4)COC3)cc2)cn1. The molecule has 4 rings (SSSR count). The molecular formula is C25H22F4N2O2. The Morgan fingerprint density at radius 1 is 1.12 bits per heavy atom. The number of nitrogens with two attached hydrogens (primary N) is 1. The van der Waals surface area contributed by atoms with Gasteiger partial charge in [0.15, 0.2) is 5.78 Å². The number of hydrogen-bond acceptors (Lipinski definition) is 4. The molecule has 0 aliphatic carbocycles. The van der Waals surface area contributed by atoms with Crippen LogP contribution < -0.4 is 5.73 Å². The maximum atomic E-state index is 13.3. The Labute approximate surface area is 188 Å². The normalized spacial score (nSPS) is 16.2. The molecule has 1 aromatic heterocycles. The van der Waals surface area contributed by atoms with Crippen LogP contribution in [0.15, 0.2) is 60.8 Å². The van der Waals surface area contributed by atoms with E-state index in [0.717, 1.165) is 0 Å². The molecule has 2 N–H and O–H groups in total. The van der Waals surface area contributed by atoms with Crippen LogP contribution in [0.3, 0.4) is 0 Å². The number of ether oxygens (including phenoxy) is 1. The summed E-state index contributed by atoms with van der Waals surface area (Å²) in [5.74, 6) is -0.441. The van der Waals surface area contributed by atoms with Gasteiger partial charge in [-0.3, -0.25) is 9.78 Å². The average molecular weight is 458 g/mol. The summed E-state index contributed by atoms with van der Waals surface area (Å²) < 4.78 is 58.4. The van der Waals surface area contributed by atoms with Crippen LogP contribution in [-0.2, 0) is 21.4 Å². The van der Waals surface area contributed by atoms with E-state index in [9.17, 15) is 22.4 Å². The minimum absolute atomic E-state index is 0.0585. The molecule has 1 aliphatic heterocycles. The van der Waals surface area contributed by atoms with Crippen molar-refractivity contribution in [2.24, 2.45) is 5.73 Å². The van der Waals surface area contributed by atoms with Crippen LogP contribution >= 0.6 is 0 Å². The van der Waals surface area contributed by atoms with E-state index in [-0.39, 0.29) is 42.4 Å². The number of pyridine rings is 1. The quantitative estimate of drug-likeness (QED) is 0.537. The molecule has 0 radical (unpaired) electrons. The summed E-state index contributed by atoms with van der Waals surface area (Å²) in [6.07, 6.45) is -3.09. The van der Waals surface area contributed by atoms with Crippen LogP contribution in [0.2, 0.25) is 0 Å². The molecular weight excluding hydrogens is 436 g/mol. The standard InChI is InChI=1S/C25H22F4N2O2/c1-15-10-20(23(30)25(27,28)29)21(12-31-15)17-4-6-18(7-5-17)24(13-33-14-24)22(32)11-16-2-8-19(26)9-3-16/h2-10,12,23H,11,13-14,30H2,1H3/t23-/m0/s1. The predicted molar refractivity (Wildman–Crippen MR) is 115 cm³/mol. The first kappa shape index (κ1) is 23.1. The fraction of sp³-hybridized carbons (Fsp3) is 0.280. The van der Waals surface area contributed by atoms with Gasteiger partial charge in [-0.2, -0.15) is 13.2 Å². The Morgan fingerprint density at radius 2 is 1.76 bits per heavy atom. The number of halogens is 4. The highest BCUT2D eigenvalue weighted by Gasteiger charge is 2.46. The Bertz CT molecular complexity index is 1150. The highest BCUT2D eigenvalue weighted by molar-refractivity contribution is 5.93. The molecule has 3 aromatic rings. The number of alkyl halides is 3. The third-order valence-corrected chi connectivity index (χ3v) is 6.02. The lowest BCUT2D eigenvalue weighted by molar-refractivity contribution is -0.149. The van der Waals surface area contributed by atoms with Gasteiger partial charge in [-0.15, -0.1) is 0 Å². The molecule has 0 spiro atoms. The van der Waals surface area contributed by atoms with Gasteiger partial charge in [-0.25, -0.2) is 4.39 Å². The molecule has 1 fully saturated rings. The molecule has 2 heterocycles. The number of ketones is 1. The van der Waals surface area contributed by atoms with Gasteiger partial charge in [0.1, 0.15) is 17.3 Å². The van der Waals surface area contributed by atoms with Crippen molar-refractivity contribution in [2.75, 3.05) is 13.2 Å². The Balaban J connectivity index is 1.63. The van der Waals surface area contributed by atoms with Gasteiger partial charge in [0, 0.05) is 23.9 Å². The number of hydrogen-bond donors (Lipinski definition) is 1. The van der Waals surface area contributed by atoms with Crippen molar-refractivity contribution in [1.82, 2.24) is 4.98 Å². The van der Waals surface area contributed by atoms with Crippen LogP contribution in [0.1, 0.15) is 28.4 Å². The number of benzene rings is 2. The van der Waals surface area contributed by atoms with Crippen molar-refractivity contribution in [2.45, 2.75) is 31.0 Å². The number of aromatic nitrogens is 1. The van der Waals surface area contributed by atoms with Crippen LogP contribution in [-0.4, -0.2) is 30.2 Å². The van der Waals surface area contributed by atoms with E-state index < -0.39 is 17.6 Å². The summed E-state index contributed by atoms with van der Waals surface area (Å²) >= 11 is 0. The summed E-state index contributed by atoms with van der Waals surface area (Å²) in [7, 11) is 0. The molecule has 33 heavy (non-hydrogen) atoms. The molecule has 4 nitrogen and oxygen atoms in total. The van der Waals surface area contributed by atoms with E-state index >= 15 is 0 Å². The number of Topliss-reactive ketones (excluding diaryl/α,β-unsaturated/α-hetero) is 1. The number of carbonyl (C=O) groups excluding carboxylic acids is 1. The molecule has 0 saturated carbocycles. The predicted octanol–water partition coefficient (Wildman–Crippen LogP) is 4.84. The summed E-state index contributed by atoms with van der Waals surface area (Å²) in [5.41, 5.74) is 7.24. The van der Waals surface area contributed by atoms with Crippen LogP contribution in [0.5, 0.6) is 0 Å². The summed E-state index contributed by atoms with van der Waals surface area (Å²) in [5, 5.41) is 0. The van der Waals surface area contributed by atoms with Gasteiger partial charge < -0.3 is 10.5 Å². The first-order chi connectivity index (χ1) is 15.6. The van der Waals surface area contributed by atoms with E-state index in [0.29, 0.717) is 22.4 Å². The van der Waals surface area contributed by atoms with Crippen LogP contribution in [0.4, 0.5) is 17.6 Å². The fourth-order valence-corrected chi connectivity index (χ4v) is 3.98. The van der Waals surface area contributed by atoms with E-state index in [1.54, 1.807) is 43.3 Å². The maximum absolute atomic E-state index is 13.3. The number of aryl methyl sites for hydroxylation is 1. The lowest BCUT2D eigenvalue weighted by atomic mass is 9.73. The fourth-order valence-electron chi connectivity index (χ4n) is 3.98. The first-order valence-corrected chi connectivity index (χ1v) is 10.4. The molecule has 1 aliphatic rings. The zero-order valence-corrected chi connectivity index (χ0v) is 17.8. The van der Waals surface area contributed by atoms with E-state index in [1.807, 2.05) is 0 Å². The zero-order valence-electron chi connectivity index (χ0n) is 17.8. The second-order valence-electron chi connectivity index (χ2n) is 8.31. The van der Waals surface area contributed by atoms with E-state index in [2.05, 4.69) is 4.98 Å². The number of nitrogens with zero attached hydrogens (tertiary/aromatic N) is 1. The number of rotatable bonds is 6. The highest BCUT2D eigenvalue weighted by atomic mass is 19.4. The summed E-state index contributed by atoms with van der Waals surface area (Å²) in [4.78, 5) is 17.3. The maximum Gasteiger partial charge on any atom is 0.407 e. The van der Waals surface area contributed by atoms with Crippen LogP contribution in [0, 0.1) is 12.7 Å². The highest BCUT2D eigenvalue weighted by Crippen LogP contribution is 2.39. The average Bonchev–Trinajstić information content (AvgIpc) is 2.74. The van der Waals surface area contributed by atoms with Gasteiger partial charge in [-0.1, -0.05) is 36.4 Å². The van der Waals surface area contributed by atoms with Crippen molar-refractivity contribution < 1.29 is 27.1 Å². The zero-order chi connectivity index (χ0) is 23.8. The third kappa shape index (κ3) is 4.54. The topological polar surface area (TPSA) is 65.2 Å². The Hall–Kier alpha value is -3.10. The van der Waals surface area contributed by atoms with Crippen molar-refractivity contribution in [3.8, 4) is 11.1 Å². The van der Waals surface area contributed by atoms with E-state index in [1.165, 1.54) is 24.4 Å². The smallest absolute Gasteiger partial charge is 0.378 e. The Morgan fingerprint density at radius 3 is 2.30 bits per heavy atom. The van der Waals surface area contributed by atoms with Crippen molar-refractivity contribution >= 4 is 5.78 Å². The van der Waals surface area contributed by atoms with Crippen molar-refractivity contribution in [1.29, 1.82) is 0 Å². The van der Waals surface area contributed by atoms with Gasteiger partial charge >= 0.3 is 6.18 Å². The summed E-state index contributed by atoms with van der Waals surface area (Å²) in [6, 6.07) is 11.7. The molecule has 2 aromatic carbocycles. The monoisotopic (exact) mass is 458 g/mol. The van der Waals surface area contributed by atoms with Gasteiger partial charge in [0.2, 0.25) is 0 Å². The first-order valence-electron chi connectivity index (χ1n) is 10.4. The number of carbonyl (C=O) groups is 1. The minimum Gasteiger partial charge on any atom is -0.378 e. The van der Waals surface area contributed by atoms with Gasteiger partial charge in [-0.05, 0) is 47.4 Å². The molecule has 8 heteroatoms. The van der Waals surface area contributed by atoms with Gasteiger partial charge in [0.05, 0.1) is 13.2 Å². The second kappa shape index (κ2) is 8.68. The van der Waals surface area contributed by atoms with Gasteiger partial charge in [0.25, 0.3) is 0 Å². The van der Waals surface area contributed by atoms with Crippen LogP contribution in [0.25, 0.3) is 11.1 Å². The third-order valence-electron chi connectivity index (χ3n) is 6.02. The second-order valence-corrected chi connectivity index (χ2v) is 8.31. The van der Waals surface area contributed by atoms with Crippen molar-refractivity contribution in [3.05, 3.63) is 89.0 Å². The summed E-state index contributed by atoms with van der Waals surface area (Å²) in [6.45, 7) is 2.03. The molecule has 1 saturated heterocycles. The minimum atomic E-state index is -4.59. The molecule has 1 atom stereocenters. The molecule has 0 amide bonds.